The van der Waals surface area contributed by atoms with Gasteiger partial charge in [-0.15, -0.1) is 0 Å². The number of nitrogens with one attached hydrogen (secondary N) is 1. The number of benzene rings is 1. The molecule has 0 amide bonds. The highest BCUT2D eigenvalue weighted by Crippen LogP contribution is 2.25. The summed E-state index contributed by atoms with van der Waals surface area (Å²) >= 11 is 1.25. The highest BCUT2D eigenvalue weighted by atomic mass is 32.1. The van der Waals surface area contributed by atoms with Gasteiger partial charge in [0, 0.05) is 0 Å². The minimum absolute atomic E-state index is 0.185. The van der Waals surface area contributed by atoms with Crippen LogP contribution in [0.2, 0.25) is 0 Å². The number of aryl methyl sites for hydroxylation is 1. The van der Waals surface area contributed by atoms with Gasteiger partial charge in [0.1, 0.15) is 5.75 Å². The summed E-state index contributed by atoms with van der Waals surface area (Å²) in [6.45, 7) is 5.23. The Balaban J connectivity index is 2.21. The molecule has 1 N–H and O–H groups in total. The minimum atomic E-state index is 0.185. The molecule has 0 fully saturated rings. The summed E-state index contributed by atoms with van der Waals surface area (Å²) in [6.07, 6.45) is 3.80. The maximum absolute atomic E-state index is 5.46. The Hall–Kier alpha value is -1.46. The Morgan fingerprint density at radius 3 is 2.90 bits per heavy atom. The van der Waals surface area contributed by atoms with Crippen LogP contribution in [0.3, 0.4) is 0 Å². The second-order valence-corrected chi connectivity index (χ2v) is 5.42. The van der Waals surface area contributed by atoms with Gasteiger partial charge >= 0.3 is 0 Å². The van der Waals surface area contributed by atoms with Gasteiger partial charge in [-0.3, -0.25) is 0 Å². The molecule has 1 atom stereocenters. The van der Waals surface area contributed by atoms with Crippen LogP contribution >= 0.6 is 11.7 Å². The van der Waals surface area contributed by atoms with Gasteiger partial charge in [0.25, 0.3) is 0 Å². The van der Waals surface area contributed by atoms with Crippen LogP contribution in [0.4, 0.5) is 0 Å². The molecule has 108 valence electrons. The van der Waals surface area contributed by atoms with Crippen LogP contribution in [-0.4, -0.2) is 22.4 Å². The molecule has 5 heteroatoms. The number of ether oxygens (including phenoxy) is 1. The van der Waals surface area contributed by atoms with Gasteiger partial charge in [-0.25, -0.2) is 0 Å². The molecule has 0 aliphatic rings. The molecule has 4 nitrogen and oxygen atoms in total. The average Bonchev–Trinajstić information content (AvgIpc) is 2.97. The number of nitrogens with zero attached hydrogens (tertiary/aromatic N) is 2. The third-order valence-corrected chi connectivity index (χ3v) is 3.73. The van der Waals surface area contributed by atoms with Crippen molar-refractivity contribution in [3.8, 4) is 5.75 Å². The normalized spacial score (nSPS) is 12.3. The topological polar surface area (TPSA) is 47.0 Å². The van der Waals surface area contributed by atoms with Gasteiger partial charge in [0.05, 0.1) is 36.8 Å². The number of aromatic nitrogens is 2. The number of hydrogen-bond acceptors (Lipinski definition) is 5. The van der Waals surface area contributed by atoms with E-state index in [0.29, 0.717) is 0 Å². The second kappa shape index (κ2) is 7.36. The van der Waals surface area contributed by atoms with E-state index in [1.54, 1.807) is 7.11 Å². The molecule has 0 bridgehead atoms. The van der Waals surface area contributed by atoms with Crippen LogP contribution in [0.15, 0.2) is 24.4 Å². The molecule has 0 saturated heterocycles. The zero-order valence-electron chi connectivity index (χ0n) is 12.2. The summed E-state index contributed by atoms with van der Waals surface area (Å²) in [5.41, 5.74) is 3.45. The van der Waals surface area contributed by atoms with Crippen molar-refractivity contribution < 1.29 is 4.74 Å². The largest absolute Gasteiger partial charge is 0.496 e. The van der Waals surface area contributed by atoms with Crippen molar-refractivity contribution in [2.75, 3.05) is 13.7 Å². The molecule has 1 unspecified atom stereocenters. The fourth-order valence-corrected chi connectivity index (χ4v) is 2.68. The smallest absolute Gasteiger partial charge is 0.122 e. The monoisotopic (exact) mass is 291 g/mol. The molecule has 1 aromatic heterocycles. The van der Waals surface area contributed by atoms with Crippen LogP contribution in [-0.2, 0) is 6.42 Å². The third-order valence-electron chi connectivity index (χ3n) is 3.24. The van der Waals surface area contributed by atoms with Gasteiger partial charge < -0.3 is 10.1 Å². The predicted molar refractivity (Wildman–Crippen MR) is 82.4 cm³/mol. The fourth-order valence-electron chi connectivity index (χ4n) is 2.21. The Bertz CT molecular complexity index is 528. The van der Waals surface area contributed by atoms with Crippen LogP contribution in [0.5, 0.6) is 5.75 Å². The van der Waals surface area contributed by atoms with Crippen molar-refractivity contribution in [3.05, 3.63) is 41.2 Å². The van der Waals surface area contributed by atoms with E-state index in [4.69, 9.17) is 4.74 Å². The molecule has 1 aromatic carbocycles. The van der Waals surface area contributed by atoms with Gasteiger partial charge in [-0.05, 0) is 37.9 Å². The summed E-state index contributed by atoms with van der Waals surface area (Å²) in [6, 6.07) is 6.46. The molecule has 1 heterocycles. The molecule has 2 aromatic rings. The predicted octanol–water partition coefficient (Wildman–Crippen LogP) is 3.14. The van der Waals surface area contributed by atoms with Crippen molar-refractivity contribution in [1.29, 1.82) is 0 Å². The third kappa shape index (κ3) is 3.77. The number of methoxy groups -OCH3 is 1. The Kier molecular flexibility index (Phi) is 5.49. The van der Waals surface area contributed by atoms with E-state index in [1.165, 1.54) is 22.9 Å². The lowest BCUT2D eigenvalue weighted by atomic mass is 10.0. The first kappa shape index (κ1) is 14.9. The number of rotatable bonds is 7. The zero-order valence-corrected chi connectivity index (χ0v) is 13.0. The number of hydrogen-bond donors (Lipinski definition) is 1. The van der Waals surface area contributed by atoms with E-state index in [0.717, 1.165) is 30.8 Å². The molecule has 20 heavy (non-hydrogen) atoms. The summed E-state index contributed by atoms with van der Waals surface area (Å²) in [5.74, 6) is 0.932. The minimum Gasteiger partial charge on any atom is -0.496 e. The van der Waals surface area contributed by atoms with Crippen LogP contribution in [0.1, 0.15) is 36.2 Å². The molecule has 0 aliphatic heterocycles. The quantitative estimate of drug-likeness (QED) is 0.851. The lowest BCUT2D eigenvalue weighted by Crippen LogP contribution is -2.24. The van der Waals surface area contributed by atoms with E-state index in [9.17, 15) is 0 Å². The van der Waals surface area contributed by atoms with E-state index in [1.807, 2.05) is 12.3 Å². The summed E-state index contributed by atoms with van der Waals surface area (Å²) in [4.78, 5) is 0. The van der Waals surface area contributed by atoms with E-state index in [2.05, 4.69) is 40.0 Å². The van der Waals surface area contributed by atoms with Crippen LogP contribution in [0.25, 0.3) is 0 Å². The molecule has 0 radical (unpaired) electrons. The Morgan fingerprint density at radius 1 is 1.40 bits per heavy atom. The zero-order chi connectivity index (χ0) is 14.4. The summed E-state index contributed by atoms with van der Waals surface area (Å²) in [7, 11) is 1.72. The molecule has 0 spiro atoms. The van der Waals surface area contributed by atoms with E-state index < -0.39 is 0 Å². The Labute approximate surface area is 124 Å². The van der Waals surface area contributed by atoms with Crippen molar-refractivity contribution >= 4 is 11.7 Å². The Morgan fingerprint density at radius 2 is 2.25 bits per heavy atom. The van der Waals surface area contributed by atoms with Crippen LogP contribution < -0.4 is 10.1 Å². The van der Waals surface area contributed by atoms with Crippen molar-refractivity contribution in [1.82, 2.24) is 14.1 Å². The first-order valence-electron chi connectivity index (χ1n) is 6.89. The fraction of sp³-hybridized carbons (Fsp3) is 0.467. The van der Waals surface area contributed by atoms with E-state index in [-0.39, 0.29) is 6.04 Å². The SMILES string of the molecule is CCCNC(Cc1cc(C)ccc1OC)c1cnsn1. The first-order chi connectivity index (χ1) is 9.74. The summed E-state index contributed by atoms with van der Waals surface area (Å²) < 4.78 is 13.9. The molecule has 0 aliphatic carbocycles. The van der Waals surface area contributed by atoms with Gasteiger partial charge in [-0.2, -0.15) is 8.75 Å². The van der Waals surface area contributed by atoms with Crippen molar-refractivity contribution in [3.63, 3.8) is 0 Å². The second-order valence-electron chi connectivity index (χ2n) is 4.86. The lowest BCUT2D eigenvalue weighted by molar-refractivity contribution is 0.404. The van der Waals surface area contributed by atoms with E-state index >= 15 is 0 Å². The van der Waals surface area contributed by atoms with Crippen LogP contribution in [0, 0.1) is 6.92 Å². The summed E-state index contributed by atoms with van der Waals surface area (Å²) in [5, 5.41) is 3.54. The highest BCUT2D eigenvalue weighted by molar-refractivity contribution is 6.99. The maximum Gasteiger partial charge on any atom is 0.122 e. The van der Waals surface area contributed by atoms with Crippen molar-refractivity contribution in [2.24, 2.45) is 0 Å². The highest BCUT2D eigenvalue weighted by Gasteiger charge is 2.16. The molecule has 0 saturated carbocycles. The molecular formula is C15H21N3OS. The maximum atomic E-state index is 5.46. The van der Waals surface area contributed by atoms with Crippen molar-refractivity contribution in [2.45, 2.75) is 32.7 Å². The van der Waals surface area contributed by atoms with Gasteiger partial charge in [-0.1, -0.05) is 24.6 Å². The van der Waals surface area contributed by atoms with Gasteiger partial charge in [0.15, 0.2) is 0 Å². The molecular weight excluding hydrogens is 270 g/mol. The average molecular weight is 291 g/mol. The van der Waals surface area contributed by atoms with Gasteiger partial charge in [0.2, 0.25) is 0 Å². The standard InChI is InChI=1S/C15H21N3OS/c1-4-7-16-13(14-10-17-20-18-14)9-12-8-11(2)5-6-15(12)19-3/h5-6,8,10,13,16H,4,7,9H2,1-3H3. The lowest BCUT2D eigenvalue weighted by Gasteiger charge is -2.18. The first-order valence-corrected chi connectivity index (χ1v) is 7.62. The molecule has 2 rings (SSSR count).